The predicted molar refractivity (Wildman–Crippen MR) is 96.1 cm³/mol. The number of rotatable bonds is 4. The van der Waals surface area contributed by atoms with Crippen molar-refractivity contribution in [1.29, 1.82) is 0 Å². The largest absolute Gasteiger partial charge is 0.508 e. The van der Waals surface area contributed by atoms with Gasteiger partial charge in [0, 0.05) is 17.7 Å². The van der Waals surface area contributed by atoms with E-state index in [9.17, 15) is 19.8 Å². The van der Waals surface area contributed by atoms with Gasteiger partial charge in [-0.05, 0) is 48.5 Å². The minimum atomic E-state index is -1.08. The summed E-state index contributed by atoms with van der Waals surface area (Å²) in [4.78, 5) is 25.4. The van der Waals surface area contributed by atoms with Crippen molar-refractivity contribution in [3.05, 3.63) is 83.9 Å². The van der Waals surface area contributed by atoms with Crippen molar-refractivity contribution in [2.24, 2.45) is 0 Å². The number of benzene rings is 3. The molecule has 0 radical (unpaired) electrons. The SMILES string of the molecule is O=C(O)c1ccc(C(=O)N(c2cccc(O)c2)c2cccc(O)c2)cc1. The highest BCUT2D eigenvalue weighted by molar-refractivity contribution is 6.11. The Labute approximate surface area is 149 Å². The third-order valence-electron chi connectivity index (χ3n) is 3.76. The van der Waals surface area contributed by atoms with Crippen LogP contribution >= 0.6 is 0 Å². The molecule has 130 valence electrons. The van der Waals surface area contributed by atoms with E-state index in [4.69, 9.17) is 5.11 Å². The van der Waals surface area contributed by atoms with Gasteiger partial charge in [0.05, 0.1) is 16.9 Å². The summed E-state index contributed by atoms with van der Waals surface area (Å²) in [5.74, 6) is -1.54. The average Bonchev–Trinajstić information content (AvgIpc) is 2.62. The molecule has 0 saturated carbocycles. The first kappa shape index (κ1) is 17.0. The molecule has 6 nitrogen and oxygen atoms in total. The first-order valence-corrected chi connectivity index (χ1v) is 7.71. The molecule has 1 amide bonds. The lowest BCUT2D eigenvalue weighted by molar-refractivity contribution is 0.0696. The topological polar surface area (TPSA) is 98.1 Å². The average molecular weight is 349 g/mol. The van der Waals surface area contributed by atoms with Crippen LogP contribution in [0.25, 0.3) is 0 Å². The predicted octanol–water partition coefficient (Wildman–Crippen LogP) is 3.77. The van der Waals surface area contributed by atoms with Gasteiger partial charge in [-0.1, -0.05) is 12.1 Å². The summed E-state index contributed by atoms with van der Waals surface area (Å²) in [5, 5.41) is 28.5. The number of carbonyl (C=O) groups is 2. The van der Waals surface area contributed by atoms with Crippen LogP contribution in [0.15, 0.2) is 72.8 Å². The van der Waals surface area contributed by atoms with E-state index < -0.39 is 11.9 Å². The molecule has 3 N–H and O–H groups in total. The quantitative estimate of drug-likeness (QED) is 0.666. The van der Waals surface area contributed by atoms with Crippen molar-refractivity contribution in [3.63, 3.8) is 0 Å². The molecule has 0 atom stereocenters. The van der Waals surface area contributed by atoms with E-state index >= 15 is 0 Å². The Hall–Kier alpha value is -3.80. The van der Waals surface area contributed by atoms with Crippen LogP contribution in [0.1, 0.15) is 20.7 Å². The van der Waals surface area contributed by atoms with E-state index in [0.29, 0.717) is 11.4 Å². The number of hydrogen-bond acceptors (Lipinski definition) is 4. The van der Waals surface area contributed by atoms with Crippen molar-refractivity contribution in [3.8, 4) is 11.5 Å². The summed E-state index contributed by atoms with van der Waals surface area (Å²) in [6.45, 7) is 0. The molecular weight excluding hydrogens is 334 g/mol. The molecule has 6 heteroatoms. The lowest BCUT2D eigenvalue weighted by atomic mass is 10.1. The van der Waals surface area contributed by atoms with E-state index in [1.54, 1.807) is 24.3 Å². The second-order valence-electron chi connectivity index (χ2n) is 5.56. The first-order chi connectivity index (χ1) is 12.5. The minimum Gasteiger partial charge on any atom is -0.508 e. The third kappa shape index (κ3) is 3.49. The number of amides is 1. The first-order valence-electron chi connectivity index (χ1n) is 7.71. The molecule has 3 rings (SSSR count). The maximum Gasteiger partial charge on any atom is 0.335 e. The molecule has 3 aromatic carbocycles. The Bertz CT molecular complexity index is 920. The summed E-state index contributed by atoms with van der Waals surface area (Å²) < 4.78 is 0. The number of carboxylic acids is 1. The van der Waals surface area contributed by atoms with Gasteiger partial charge < -0.3 is 15.3 Å². The Morgan fingerprint density at radius 1 is 0.692 bits per heavy atom. The number of aromatic hydroxyl groups is 2. The number of carbonyl (C=O) groups excluding carboxylic acids is 1. The molecule has 3 aromatic rings. The molecule has 0 bridgehead atoms. The van der Waals surface area contributed by atoms with Gasteiger partial charge in [0.1, 0.15) is 11.5 Å². The number of aromatic carboxylic acids is 1. The fourth-order valence-electron chi connectivity index (χ4n) is 2.53. The van der Waals surface area contributed by atoms with Crippen LogP contribution in [0.3, 0.4) is 0 Å². The fraction of sp³-hybridized carbons (Fsp3) is 0. The lowest BCUT2D eigenvalue weighted by Crippen LogP contribution is -2.26. The molecule has 0 aliphatic heterocycles. The fourth-order valence-corrected chi connectivity index (χ4v) is 2.53. The zero-order valence-corrected chi connectivity index (χ0v) is 13.5. The summed E-state index contributed by atoms with van der Waals surface area (Å²) in [6, 6.07) is 17.8. The molecule has 0 aliphatic carbocycles. The molecular formula is C20H15NO5. The van der Waals surface area contributed by atoms with Gasteiger partial charge >= 0.3 is 5.97 Å². The van der Waals surface area contributed by atoms with Gasteiger partial charge in [0.15, 0.2) is 0 Å². The van der Waals surface area contributed by atoms with E-state index in [2.05, 4.69) is 0 Å². The van der Waals surface area contributed by atoms with Gasteiger partial charge in [-0.15, -0.1) is 0 Å². The molecule has 0 saturated heterocycles. The van der Waals surface area contributed by atoms with Crippen molar-refractivity contribution in [1.82, 2.24) is 0 Å². The second kappa shape index (κ2) is 6.98. The zero-order valence-electron chi connectivity index (χ0n) is 13.5. The van der Waals surface area contributed by atoms with Gasteiger partial charge in [0.25, 0.3) is 5.91 Å². The van der Waals surface area contributed by atoms with Gasteiger partial charge in [-0.25, -0.2) is 4.79 Å². The normalized spacial score (nSPS) is 10.3. The zero-order chi connectivity index (χ0) is 18.7. The summed E-state index contributed by atoms with van der Waals surface area (Å²) in [7, 11) is 0. The Kier molecular flexibility index (Phi) is 4.57. The molecule has 0 aromatic heterocycles. The highest BCUT2D eigenvalue weighted by Crippen LogP contribution is 2.31. The van der Waals surface area contributed by atoms with Crippen LogP contribution in [0.2, 0.25) is 0 Å². The van der Waals surface area contributed by atoms with Crippen LogP contribution in [0, 0.1) is 0 Å². The molecule has 0 unspecified atom stereocenters. The maximum absolute atomic E-state index is 13.1. The lowest BCUT2D eigenvalue weighted by Gasteiger charge is -2.23. The van der Waals surface area contributed by atoms with E-state index in [-0.39, 0.29) is 22.6 Å². The van der Waals surface area contributed by atoms with Crippen LogP contribution in [0.4, 0.5) is 11.4 Å². The number of phenols is 2. The molecule has 0 heterocycles. The smallest absolute Gasteiger partial charge is 0.335 e. The number of anilines is 2. The van der Waals surface area contributed by atoms with Crippen LogP contribution in [0.5, 0.6) is 11.5 Å². The van der Waals surface area contributed by atoms with E-state index in [1.165, 1.54) is 53.4 Å². The van der Waals surface area contributed by atoms with Crippen LogP contribution in [-0.2, 0) is 0 Å². The summed E-state index contributed by atoms with van der Waals surface area (Å²) >= 11 is 0. The Morgan fingerprint density at radius 2 is 1.15 bits per heavy atom. The van der Waals surface area contributed by atoms with Crippen molar-refractivity contribution in [2.75, 3.05) is 4.90 Å². The molecule has 26 heavy (non-hydrogen) atoms. The van der Waals surface area contributed by atoms with Crippen molar-refractivity contribution < 1.29 is 24.9 Å². The van der Waals surface area contributed by atoms with E-state index in [1.807, 2.05) is 0 Å². The van der Waals surface area contributed by atoms with E-state index in [0.717, 1.165) is 0 Å². The number of phenolic OH excluding ortho intramolecular Hbond substituents is 2. The highest BCUT2D eigenvalue weighted by atomic mass is 16.4. The highest BCUT2D eigenvalue weighted by Gasteiger charge is 2.21. The van der Waals surface area contributed by atoms with Crippen LogP contribution in [-0.4, -0.2) is 27.2 Å². The van der Waals surface area contributed by atoms with Crippen molar-refractivity contribution >= 4 is 23.3 Å². The van der Waals surface area contributed by atoms with Gasteiger partial charge in [0.2, 0.25) is 0 Å². The number of hydrogen-bond donors (Lipinski definition) is 3. The summed E-state index contributed by atoms with van der Waals surface area (Å²) in [6.07, 6.45) is 0. The second-order valence-corrected chi connectivity index (χ2v) is 5.56. The Balaban J connectivity index is 2.08. The molecule has 0 spiro atoms. The minimum absolute atomic E-state index is 0.0123. The van der Waals surface area contributed by atoms with Gasteiger partial charge in [-0.2, -0.15) is 0 Å². The Morgan fingerprint density at radius 3 is 1.58 bits per heavy atom. The molecule has 0 fully saturated rings. The monoisotopic (exact) mass is 349 g/mol. The third-order valence-corrected chi connectivity index (χ3v) is 3.76. The number of nitrogens with zero attached hydrogens (tertiary/aromatic N) is 1. The van der Waals surface area contributed by atoms with Gasteiger partial charge in [-0.3, -0.25) is 9.69 Å². The van der Waals surface area contributed by atoms with Crippen LogP contribution < -0.4 is 4.90 Å². The standard InChI is InChI=1S/C20H15NO5/c22-17-5-1-3-15(11-17)21(16-4-2-6-18(23)12-16)19(24)13-7-9-14(10-8-13)20(25)26/h1-12,22-23H,(H,25,26). The number of carboxylic acid groups (broad SMARTS) is 1. The molecule has 0 aliphatic rings. The maximum atomic E-state index is 13.1. The van der Waals surface area contributed by atoms with Crippen molar-refractivity contribution in [2.45, 2.75) is 0 Å². The summed E-state index contributed by atoms with van der Waals surface area (Å²) in [5.41, 5.74) is 1.15.